The van der Waals surface area contributed by atoms with Crippen molar-refractivity contribution in [3.63, 3.8) is 0 Å². The van der Waals surface area contributed by atoms with Gasteiger partial charge in [0, 0.05) is 61.8 Å². The van der Waals surface area contributed by atoms with Crippen molar-refractivity contribution < 1.29 is 9.59 Å². The summed E-state index contributed by atoms with van der Waals surface area (Å²) in [6, 6.07) is 13.9. The predicted octanol–water partition coefficient (Wildman–Crippen LogP) is 2.28. The van der Waals surface area contributed by atoms with Crippen LogP contribution in [0.4, 0.5) is 5.69 Å². The highest BCUT2D eigenvalue weighted by molar-refractivity contribution is 5.97. The smallest absolute Gasteiger partial charge is 0.251 e. The molecule has 1 aromatic heterocycles. The normalized spacial score (nSPS) is 19.8. The van der Waals surface area contributed by atoms with E-state index in [9.17, 15) is 9.59 Å². The lowest BCUT2D eigenvalue weighted by Crippen LogP contribution is -2.45. The van der Waals surface area contributed by atoms with Crippen molar-refractivity contribution >= 4 is 17.5 Å². The summed E-state index contributed by atoms with van der Waals surface area (Å²) in [5, 5.41) is 9.40. The molecule has 2 saturated heterocycles. The van der Waals surface area contributed by atoms with Gasteiger partial charge in [0.1, 0.15) is 6.04 Å². The molecule has 7 nitrogen and oxygen atoms in total. The van der Waals surface area contributed by atoms with Gasteiger partial charge in [-0.3, -0.25) is 14.6 Å². The van der Waals surface area contributed by atoms with E-state index in [0.717, 1.165) is 63.1 Å². The van der Waals surface area contributed by atoms with Crippen molar-refractivity contribution in [1.82, 2.24) is 20.9 Å². The van der Waals surface area contributed by atoms with Crippen molar-refractivity contribution in [2.75, 3.05) is 31.1 Å². The Balaban J connectivity index is 1.22. The fourth-order valence-electron chi connectivity index (χ4n) is 4.43. The van der Waals surface area contributed by atoms with Crippen LogP contribution in [-0.2, 0) is 11.2 Å². The average Bonchev–Trinajstić information content (AvgIpc) is 3.04. The molecule has 0 unspecified atom stereocenters. The van der Waals surface area contributed by atoms with Crippen LogP contribution in [0.1, 0.15) is 48.2 Å². The Morgan fingerprint density at radius 2 is 1.88 bits per heavy atom. The molecule has 2 aliphatic rings. The van der Waals surface area contributed by atoms with E-state index in [1.54, 1.807) is 0 Å². The number of benzene rings is 1. The molecule has 1 atom stereocenters. The van der Waals surface area contributed by atoms with E-state index in [1.165, 1.54) is 0 Å². The Hall–Kier alpha value is -2.93. The first kappa shape index (κ1) is 22.3. The van der Waals surface area contributed by atoms with Gasteiger partial charge in [0.15, 0.2) is 0 Å². The molecule has 1 aromatic carbocycles. The molecule has 3 N–H and O–H groups in total. The van der Waals surface area contributed by atoms with Crippen molar-refractivity contribution in [2.45, 2.75) is 50.6 Å². The van der Waals surface area contributed by atoms with Gasteiger partial charge in [-0.15, -0.1) is 0 Å². The molecule has 0 saturated carbocycles. The summed E-state index contributed by atoms with van der Waals surface area (Å²) in [6.45, 7) is 3.63. The van der Waals surface area contributed by atoms with E-state index in [-0.39, 0.29) is 11.8 Å². The van der Waals surface area contributed by atoms with Crippen LogP contribution < -0.4 is 20.9 Å². The predicted molar refractivity (Wildman–Crippen MR) is 126 cm³/mol. The van der Waals surface area contributed by atoms with E-state index < -0.39 is 6.04 Å². The molecule has 0 aliphatic carbocycles. The molecule has 3 heterocycles. The summed E-state index contributed by atoms with van der Waals surface area (Å²) in [7, 11) is 0. The van der Waals surface area contributed by atoms with E-state index in [4.69, 9.17) is 0 Å². The van der Waals surface area contributed by atoms with Crippen LogP contribution in [0.15, 0.2) is 48.7 Å². The summed E-state index contributed by atoms with van der Waals surface area (Å²) in [5.41, 5.74) is 2.86. The van der Waals surface area contributed by atoms with Gasteiger partial charge in [-0.05, 0) is 68.5 Å². The van der Waals surface area contributed by atoms with E-state index >= 15 is 0 Å². The first-order valence-electron chi connectivity index (χ1n) is 11.8. The maximum absolute atomic E-state index is 12.6. The Morgan fingerprint density at radius 3 is 2.62 bits per heavy atom. The number of hydrogen-bond donors (Lipinski definition) is 3. The Labute approximate surface area is 190 Å². The molecule has 0 radical (unpaired) electrons. The number of amides is 2. The maximum atomic E-state index is 12.6. The highest BCUT2D eigenvalue weighted by Gasteiger charge is 2.23. The highest BCUT2D eigenvalue weighted by atomic mass is 16.2. The van der Waals surface area contributed by atoms with Crippen molar-refractivity contribution in [1.29, 1.82) is 0 Å². The monoisotopic (exact) mass is 435 g/mol. The minimum atomic E-state index is -0.436. The molecule has 170 valence electrons. The number of rotatable bonds is 7. The Morgan fingerprint density at radius 1 is 1.06 bits per heavy atom. The minimum Gasteiger partial charge on any atom is -0.371 e. The molecule has 7 heteroatoms. The topological polar surface area (TPSA) is 86.4 Å². The number of pyridine rings is 1. The lowest BCUT2D eigenvalue weighted by Gasteiger charge is -2.34. The summed E-state index contributed by atoms with van der Waals surface area (Å²) < 4.78 is 0. The second kappa shape index (κ2) is 11.1. The molecule has 2 amide bonds. The summed E-state index contributed by atoms with van der Waals surface area (Å²) in [5.74, 6) is -0.265. The van der Waals surface area contributed by atoms with Crippen molar-refractivity contribution in [3.05, 3.63) is 59.9 Å². The van der Waals surface area contributed by atoms with Crippen molar-refractivity contribution in [2.24, 2.45) is 0 Å². The van der Waals surface area contributed by atoms with Crippen LogP contribution in [0.3, 0.4) is 0 Å². The van der Waals surface area contributed by atoms with Gasteiger partial charge in [-0.1, -0.05) is 6.07 Å². The van der Waals surface area contributed by atoms with Gasteiger partial charge in [0.2, 0.25) is 5.91 Å². The van der Waals surface area contributed by atoms with Gasteiger partial charge in [-0.25, -0.2) is 0 Å². The average molecular weight is 436 g/mol. The lowest BCUT2D eigenvalue weighted by atomic mass is 10.0. The van der Waals surface area contributed by atoms with Gasteiger partial charge < -0.3 is 20.9 Å². The number of hydrogen-bond acceptors (Lipinski definition) is 5. The fourth-order valence-corrected chi connectivity index (χ4v) is 4.43. The second-order valence-electron chi connectivity index (χ2n) is 8.65. The number of carbonyl (C=O) groups excluding carboxylic acids is 2. The zero-order chi connectivity index (χ0) is 22.2. The zero-order valence-electron chi connectivity index (χ0n) is 18.6. The van der Waals surface area contributed by atoms with Crippen LogP contribution in [-0.4, -0.2) is 55.1 Å². The molecule has 32 heavy (non-hydrogen) atoms. The van der Waals surface area contributed by atoms with Gasteiger partial charge in [0.05, 0.1) is 0 Å². The first-order chi connectivity index (χ1) is 15.7. The number of nitrogens with one attached hydrogen (secondary N) is 3. The standard InChI is InChI=1S/C25H33N5O2/c31-24(29-23-6-2-4-15-28-25(23)32)19-7-9-22(10-8-19)30-17-12-21(13-18-30)27-16-11-20-5-1-3-14-26-20/h1,3,5,7-10,14,21,23,27H,2,4,6,11-13,15-18H2,(H,28,32)(H,29,31)/t23-/m0/s1. The first-order valence-corrected chi connectivity index (χ1v) is 11.8. The molecule has 2 fully saturated rings. The SMILES string of the molecule is O=C(N[C@H]1CCCCNC1=O)c1ccc(N2CCC(NCCc3ccccn3)CC2)cc1. The second-order valence-corrected chi connectivity index (χ2v) is 8.65. The third-order valence-corrected chi connectivity index (χ3v) is 6.37. The van der Waals surface area contributed by atoms with Crippen LogP contribution in [0.2, 0.25) is 0 Å². The van der Waals surface area contributed by atoms with Gasteiger partial charge in [0.25, 0.3) is 5.91 Å². The lowest BCUT2D eigenvalue weighted by molar-refractivity contribution is -0.122. The number of nitrogens with zero attached hydrogens (tertiary/aromatic N) is 2. The molecular formula is C25H33N5O2. The van der Waals surface area contributed by atoms with E-state index in [0.29, 0.717) is 24.6 Å². The minimum absolute atomic E-state index is 0.0796. The highest BCUT2D eigenvalue weighted by Crippen LogP contribution is 2.21. The number of carbonyl (C=O) groups is 2. The summed E-state index contributed by atoms with van der Waals surface area (Å²) in [6.07, 6.45) is 7.59. The molecule has 2 aliphatic heterocycles. The number of piperidine rings is 1. The number of aromatic nitrogens is 1. The quantitative estimate of drug-likeness (QED) is 0.621. The van der Waals surface area contributed by atoms with Crippen LogP contribution in [0.5, 0.6) is 0 Å². The molecule has 0 bridgehead atoms. The van der Waals surface area contributed by atoms with Crippen LogP contribution >= 0.6 is 0 Å². The van der Waals surface area contributed by atoms with Gasteiger partial charge >= 0.3 is 0 Å². The fraction of sp³-hybridized carbons (Fsp3) is 0.480. The summed E-state index contributed by atoms with van der Waals surface area (Å²) in [4.78, 5) is 31.4. The third-order valence-electron chi connectivity index (χ3n) is 6.37. The van der Waals surface area contributed by atoms with Crippen LogP contribution in [0, 0.1) is 0 Å². The largest absolute Gasteiger partial charge is 0.371 e. The molecular weight excluding hydrogens is 402 g/mol. The zero-order valence-corrected chi connectivity index (χ0v) is 18.6. The van der Waals surface area contributed by atoms with Gasteiger partial charge in [-0.2, -0.15) is 0 Å². The Kier molecular flexibility index (Phi) is 7.72. The summed E-state index contributed by atoms with van der Waals surface area (Å²) >= 11 is 0. The van der Waals surface area contributed by atoms with Crippen molar-refractivity contribution in [3.8, 4) is 0 Å². The third kappa shape index (κ3) is 6.07. The van der Waals surface area contributed by atoms with E-state index in [1.807, 2.05) is 42.6 Å². The Bertz CT molecular complexity index is 879. The maximum Gasteiger partial charge on any atom is 0.251 e. The molecule has 0 spiro atoms. The number of anilines is 1. The molecule has 4 rings (SSSR count). The molecule has 2 aromatic rings. The van der Waals surface area contributed by atoms with E-state index in [2.05, 4.69) is 31.9 Å². The van der Waals surface area contributed by atoms with Crippen LogP contribution in [0.25, 0.3) is 0 Å².